The van der Waals surface area contributed by atoms with E-state index in [4.69, 9.17) is 21.0 Å². The second-order valence-corrected chi connectivity index (χ2v) is 5.95. The van der Waals surface area contributed by atoms with Gasteiger partial charge >= 0.3 is 0 Å². The first-order valence-corrected chi connectivity index (χ1v) is 8.22. The number of anilines is 2. The van der Waals surface area contributed by atoms with E-state index in [1.54, 1.807) is 18.5 Å². The molecule has 4 rings (SSSR count). The first-order valence-electron chi connectivity index (χ1n) is 7.85. The van der Waals surface area contributed by atoms with Crippen LogP contribution in [0.25, 0.3) is 10.9 Å². The van der Waals surface area contributed by atoms with Crippen LogP contribution < -0.4 is 15.5 Å². The fraction of sp³-hybridized carbons (Fsp3) is 0.312. The van der Waals surface area contributed by atoms with Gasteiger partial charge in [-0.05, 0) is 18.2 Å². The van der Waals surface area contributed by atoms with Crippen molar-refractivity contribution in [3.05, 3.63) is 41.6 Å². The van der Waals surface area contributed by atoms with E-state index in [0.29, 0.717) is 17.6 Å². The first kappa shape index (κ1) is 15.2. The molecule has 8 heteroatoms. The number of piperazine rings is 1. The first-order chi connectivity index (χ1) is 11.8. The van der Waals surface area contributed by atoms with E-state index in [9.17, 15) is 0 Å². The van der Waals surface area contributed by atoms with Crippen molar-refractivity contribution < 1.29 is 4.42 Å². The molecular weight excluding hydrogens is 328 g/mol. The molecule has 1 aliphatic heterocycles. The predicted molar refractivity (Wildman–Crippen MR) is 93.5 cm³/mol. The third-order valence-electron chi connectivity index (χ3n) is 3.95. The molecule has 0 spiro atoms. The third-order valence-corrected chi connectivity index (χ3v) is 4.15. The number of halogens is 1. The molecule has 0 unspecified atom stereocenters. The predicted octanol–water partition coefficient (Wildman–Crippen LogP) is 2.29. The fourth-order valence-electron chi connectivity index (χ4n) is 2.72. The average molecular weight is 345 g/mol. The number of hydrogen-bond donors (Lipinski definition) is 2. The van der Waals surface area contributed by atoms with E-state index in [0.717, 1.165) is 48.7 Å². The van der Waals surface area contributed by atoms with Crippen LogP contribution in [0, 0.1) is 0 Å². The third kappa shape index (κ3) is 3.13. The van der Waals surface area contributed by atoms with Crippen molar-refractivity contribution in [1.29, 1.82) is 0 Å². The summed E-state index contributed by atoms with van der Waals surface area (Å²) in [5.41, 5.74) is 0.768. The van der Waals surface area contributed by atoms with Crippen LogP contribution >= 0.6 is 11.6 Å². The highest BCUT2D eigenvalue weighted by molar-refractivity contribution is 6.30. The Kier molecular flexibility index (Phi) is 4.18. The summed E-state index contributed by atoms with van der Waals surface area (Å²) in [6.07, 6.45) is 3.34. The van der Waals surface area contributed by atoms with Gasteiger partial charge in [-0.2, -0.15) is 4.98 Å². The number of aromatic nitrogens is 3. The Labute approximate surface area is 144 Å². The summed E-state index contributed by atoms with van der Waals surface area (Å²) < 4.78 is 5.37. The van der Waals surface area contributed by atoms with Crippen molar-refractivity contribution in [2.75, 3.05) is 36.4 Å². The Morgan fingerprint density at radius 3 is 2.96 bits per heavy atom. The molecule has 0 bridgehead atoms. The summed E-state index contributed by atoms with van der Waals surface area (Å²) in [4.78, 5) is 15.7. The minimum Gasteiger partial charge on any atom is -0.467 e. The summed E-state index contributed by atoms with van der Waals surface area (Å²) in [5, 5.41) is 7.92. The number of fused-ring (bicyclic) bond motifs is 1. The lowest BCUT2D eigenvalue weighted by Crippen LogP contribution is -2.44. The molecule has 1 fully saturated rings. The van der Waals surface area contributed by atoms with E-state index in [1.165, 1.54) is 0 Å². The van der Waals surface area contributed by atoms with Gasteiger partial charge in [0.05, 0.1) is 24.5 Å². The second-order valence-electron chi connectivity index (χ2n) is 5.57. The van der Waals surface area contributed by atoms with Gasteiger partial charge in [-0.1, -0.05) is 11.6 Å². The van der Waals surface area contributed by atoms with Crippen molar-refractivity contribution in [3.8, 4) is 0 Å². The maximum Gasteiger partial charge on any atom is 0.228 e. The largest absolute Gasteiger partial charge is 0.467 e. The van der Waals surface area contributed by atoms with Gasteiger partial charge in [-0.25, -0.2) is 9.97 Å². The van der Waals surface area contributed by atoms with Crippen molar-refractivity contribution in [2.24, 2.45) is 0 Å². The number of nitrogens with zero attached hydrogens (tertiary/aromatic N) is 4. The quantitative estimate of drug-likeness (QED) is 0.703. The topological polar surface area (TPSA) is 79.1 Å². The van der Waals surface area contributed by atoms with Gasteiger partial charge in [0.2, 0.25) is 5.95 Å². The van der Waals surface area contributed by atoms with Crippen LogP contribution in [0.5, 0.6) is 0 Å². The molecule has 24 heavy (non-hydrogen) atoms. The lowest BCUT2D eigenvalue weighted by Gasteiger charge is -2.27. The highest BCUT2D eigenvalue weighted by atomic mass is 35.5. The van der Waals surface area contributed by atoms with E-state index in [-0.39, 0.29) is 0 Å². The molecule has 1 aliphatic rings. The monoisotopic (exact) mass is 344 g/mol. The smallest absolute Gasteiger partial charge is 0.228 e. The molecule has 0 aliphatic carbocycles. The molecular formula is C16H17ClN6O. The standard InChI is InChI=1S/C16H17ClN6O/c17-14-8-12-13(10-19-14)21-16(23-5-3-18-4-6-23)22-15(12)20-9-11-2-1-7-24-11/h1-2,7-8,10,18H,3-6,9H2,(H,20,21,22). The molecule has 124 valence electrons. The molecule has 3 aromatic rings. The SMILES string of the molecule is Clc1cc2c(NCc3ccco3)nc(N3CCNCC3)nc2cn1. The molecule has 0 atom stereocenters. The Hall–Kier alpha value is -2.38. The molecule has 0 amide bonds. The highest BCUT2D eigenvalue weighted by Crippen LogP contribution is 2.25. The normalized spacial score (nSPS) is 15.0. The van der Waals surface area contributed by atoms with Crippen LogP contribution in [0.4, 0.5) is 11.8 Å². The van der Waals surface area contributed by atoms with E-state index < -0.39 is 0 Å². The molecule has 4 heterocycles. The van der Waals surface area contributed by atoms with Crippen LogP contribution in [0.3, 0.4) is 0 Å². The number of rotatable bonds is 4. The Balaban J connectivity index is 1.71. The fourth-order valence-corrected chi connectivity index (χ4v) is 2.88. The number of pyridine rings is 1. The summed E-state index contributed by atoms with van der Waals surface area (Å²) in [7, 11) is 0. The maximum atomic E-state index is 6.05. The van der Waals surface area contributed by atoms with Crippen molar-refractivity contribution in [2.45, 2.75) is 6.54 Å². The van der Waals surface area contributed by atoms with Crippen molar-refractivity contribution >= 4 is 34.3 Å². The highest BCUT2D eigenvalue weighted by Gasteiger charge is 2.16. The van der Waals surface area contributed by atoms with Crippen molar-refractivity contribution in [3.63, 3.8) is 0 Å². The van der Waals surface area contributed by atoms with Gasteiger partial charge < -0.3 is 20.0 Å². The Morgan fingerprint density at radius 2 is 2.17 bits per heavy atom. The van der Waals surface area contributed by atoms with Gasteiger partial charge in [0.15, 0.2) is 0 Å². The van der Waals surface area contributed by atoms with Crippen LogP contribution in [0.1, 0.15) is 5.76 Å². The summed E-state index contributed by atoms with van der Waals surface area (Å²) in [6.45, 7) is 4.15. The maximum absolute atomic E-state index is 6.05. The number of nitrogens with one attached hydrogen (secondary N) is 2. The number of hydrogen-bond acceptors (Lipinski definition) is 7. The summed E-state index contributed by atoms with van der Waals surface area (Å²) in [5.74, 6) is 2.27. The number of furan rings is 1. The zero-order chi connectivity index (χ0) is 16.4. The van der Waals surface area contributed by atoms with E-state index >= 15 is 0 Å². The molecule has 2 N–H and O–H groups in total. The van der Waals surface area contributed by atoms with Gasteiger partial charge in [0.1, 0.15) is 16.7 Å². The zero-order valence-electron chi connectivity index (χ0n) is 13.0. The van der Waals surface area contributed by atoms with Gasteiger partial charge in [0.25, 0.3) is 0 Å². The van der Waals surface area contributed by atoms with Gasteiger partial charge in [-0.15, -0.1) is 0 Å². The van der Waals surface area contributed by atoms with E-state index in [1.807, 2.05) is 12.1 Å². The van der Waals surface area contributed by atoms with E-state index in [2.05, 4.69) is 25.5 Å². The minimum absolute atomic E-state index is 0.419. The summed E-state index contributed by atoms with van der Waals surface area (Å²) in [6, 6.07) is 5.56. The van der Waals surface area contributed by atoms with Gasteiger partial charge in [-0.3, -0.25) is 0 Å². The van der Waals surface area contributed by atoms with Crippen LogP contribution in [0.2, 0.25) is 5.15 Å². The van der Waals surface area contributed by atoms with Crippen LogP contribution in [-0.2, 0) is 6.54 Å². The lowest BCUT2D eigenvalue weighted by molar-refractivity contribution is 0.518. The lowest BCUT2D eigenvalue weighted by atomic mass is 10.3. The average Bonchev–Trinajstić information content (AvgIpc) is 3.14. The Bertz CT molecular complexity index is 832. The molecule has 3 aromatic heterocycles. The summed E-state index contributed by atoms with van der Waals surface area (Å²) >= 11 is 6.05. The molecule has 7 nitrogen and oxygen atoms in total. The molecule has 1 saturated heterocycles. The van der Waals surface area contributed by atoms with Crippen molar-refractivity contribution in [1.82, 2.24) is 20.3 Å². The molecule has 0 aromatic carbocycles. The Morgan fingerprint density at radius 1 is 1.29 bits per heavy atom. The molecule has 0 saturated carbocycles. The minimum atomic E-state index is 0.419. The molecule has 0 radical (unpaired) electrons. The second kappa shape index (κ2) is 6.62. The van der Waals surface area contributed by atoms with Gasteiger partial charge in [0, 0.05) is 31.6 Å². The zero-order valence-corrected chi connectivity index (χ0v) is 13.8. The van der Waals surface area contributed by atoms with Crippen LogP contribution in [0.15, 0.2) is 35.1 Å². The van der Waals surface area contributed by atoms with Crippen LogP contribution in [-0.4, -0.2) is 41.1 Å².